The maximum atomic E-state index is 6.44. The molecule has 2 heteroatoms. The van der Waals surface area contributed by atoms with Gasteiger partial charge in [0.2, 0.25) is 0 Å². The largest absolute Gasteiger partial charge is 0.326 e. The number of nitrogens with zero attached hydrogens (tertiary/aromatic N) is 1. The maximum absolute atomic E-state index is 6.44. The van der Waals surface area contributed by atoms with Crippen LogP contribution in [0.5, 0.6) is 0 Å². The number of nitrogens with two attached hydrogens (primary N) is 1. The lowest BCUT2D eigenvalue weighted by Crippen LogP contribution is -2.42. The molecule has 0 aliphatic heterocycles. The zero-order valence-corrected chi connectivity index (χ0v) is 13.9. The van der Waals surface area contributed by atoms with E-state index >= 15 is 0 Å². The first-order valence-electron chi connectivity index (χ1n) is 8.09. The molecule has 0 bridgehead atoms. The number of aryl methyl sites for hydroxylation is 1. The van der Waals surface area contributed by atoms with Crippen molar-refractivity contribution in [2.75, 3.05) is 13.1 Å². The van der Waals surface area contributed by atoms with Gasteiger partial charge in [0.15, 0.2) is 0 Å². The summed E-state index contributed by atoms with van der Waals surface area (Å²) in [4.78, 5) is 2.55. The Bertz CT molecular complexity index is 372. The lowest BCUT2D eigenvalue weighted by Gasteiger charge is -2.36. The quantitative estimate of drug-likeness (QED) is 0.773. The van der Waals surface area contributed by atoms with Crippen LogP contribution in [0.3, 0.4) is 0 Å². The first kappa shape index (κ1) is 17.2. The Balaban J connectivity index is 3.00. The number of hydrogen-bond donors (Lipinski definition) is 1. The molecule has 1 rings (SSSR count). The van der Waals surface area contributed by atoms with Crippen LogP contribution in [0.1, 0.15) is 57.7 Å². The summed E-state index contributed by atoms with van der Waals surface area (Å²) in [5.41, 5.74) is 9.10. The lowest BCUT2D eigenvalue weighted by atomic mass is 9.94. The second-order valence-electron chi connectivity index (χ2n) is 6.03. The van der Waals surface area contributed by atoms with E-state index in [-0.39, 0.29) is 6.04 Å². The van der Waals surface area contributed by atoms with Crippen molar-refractivity contribution in [3.8, 4) is 0 Å². The Morgan fingerprint density at radius 1 is 1.05 bits per heavy atom. The second kappa shape index (κ2) is 8.43. The lowest BCUT2D eigenvalue weighted by molar-refractivity contribution is 0.153. The van der Waals surface area contributed by atoms with Crippen LogP contribution in [0, 0.1) is 12.8 Å². The minimum atomic E-state index is 0.196. The molecule has 0 heterocycles. The predicted molar refractivity (Wildman–Crippen MR) is 88.9 cm³/mol. The van der Waals surface area contributed by atoms with Gasteiger partial charge in [0.1, 0.15) is 0 Å². The van der Waals surface area contributed by atoms with Gasteiger partial charge >= 0.3 is 0 Å². The number of likely N-dealkylation sites (N-methyl/N-ethyl adjacent to an activating group) is 1. The molecule has 0 aliphatic carbocycles. The van der Waals surface area contributed by atoms with Gasteiger partial charge in [0, 0.05) is 18.6 Å². The van der Waals surface area contributed by atoms with Crippen LogP contribution in [0.4, 0.5) is 0 Å². The van der Waals surface area contributed by atoms with Crippen LogP contribution < -0.4 is 5.73 Å². The average molecular weight is 276 g/mol. The summed E-state index contributed by atoms with van der Waals surface area (Å²) in [7, 11) is 0. The summed E-state index contributed by atoms with van der Waals surface area (Å²) in [6.07, 6.45) is 2.23. The highest BCUT2D eigenvalue weighted by Gasteiger charge is 2.25. The fourth-order valence-corrected chi connectivity index (χ4v) is 2.68. The summed E-state index contributed by atoms with van der Waals surface area (Å²) in [5, 5.41) is 0. The molecule has 3 atom stereocenters. The first-order valence-corrected chi connectivity index (χ1v) is 8.09. The van der Waals surface area contributed by atoms with Crippen molar-refractivity contribution >= 4 is 0 Å². The molecule has 1 aromatic rings. The Kier molecular flexibility index (Phi) is 7.25. The van der Waals surface area contributed by atoms with E-state index in [0.717, 1.165) is 19.5 Å². The number of benzene rings is 1. The molecule has 0 radical (unpaired) electrons. The van der Waals surface area contributed by atoms with Gasteiger partial charge in [0.05, 0.1) is 0 Å². The Hall–Kier alpha value is -0.860. The van der Waals surface area contributed by atoms with Crippen LogP contribution in [-0.2, 0) is 0 Å². The topological polar surface area (TPSA) is 29.3 Å². The zero-order valence-electron chi connectivity index (χ0n) is 13.9. The third kappa shape index (κ3) is 4.60. The molecule has 0 aromatic heterocycles. The van der Waals surface area contributed by atoms with E-state index in [0.29, 0.717) is 12.0 Å². The molecule has 114 valence electrons. The van der Waals surface area contributed by atoms with Crippen molar-refractivity contribution in [2.24, 2.45) is 11.7 Å². The SMILES string of the molecule is CCC(C)CN(CC)C(c1ccc(C)cc1)C(N)CC. The number of hydrogen-bond acceptors (Lipinski definition) is 2. The van der Waals surface area contributed by atoms with Crippen LogP contribution >= 0.6 is 0 Å². The zero-order chi connectivity index (χ0) is 15.1. The minimum absolute atomic E-state index is 0.196. The van der Waals surface area contributed by atoms with Crippen LogP contribution in [0.2, 0.25) is 0 Å². The molecular weight excluding hydrogens is 244 g/mol. The smallest absolute Gasteiger partial charge is 0.0499 e. The summed E-state index contributed by atoms with van der Waals surface area (Å²) < 4.78 is 0. The van der Waals surface area contributed by atoms with Gasteiger partial charge in [-0.25, -0.2) is 0 Å². The van der Waals surface area contributed by atoms with Crippen molar-refractivity contribution in [1.29, 1.82) is 0 Å². The van der Waals surface area contributed by atoms with Gasteiger partial charge in [-0.2, -0.15) is 0 Å². The molecular formula is C18H32N2. The molecule has 0 saturated carbocycles. The molecule has 0 fully saturated rings. The van der Waals surface area contributed by atoms with E-state index in [1.807, 2.05) is 0 Å². The fourth-order valence-electron chi connectivity index (χ4n) is 2.68. The second-order valence-corrected chi connectivity index (χ2v) is 6.03. The van der Waals surface area contributed by atoms with Crippen molar-refractivity contribution in [3.63, 3.8) is 0 Å². The van der Waals surface area contributed by atoms with Crippen molar-refractivity contribution < 1.29 is 0 Å². The fraction of sp³-hybridized carbons (Fsp3) is 0.667. The first-order chi connectivity index (χ1) is 9.53. The summed E-state index contributed by atoms with van der Waals surface area (Å²) in [6.45, 7) is 13.3. The molecule has 3 unspecified atom stereocenters. The highest BCUT2D eigenvalue weighted by molar-refractivity contribution is 5.25. The van der Waals surface area contributed by atoms with Crippen molar-refractivity contribution in [2.45, 2.75) is 59.5 Å². The van der Waals surface area contributed by atoms with Crippen molar-refractivity contribution in [1.82, 2.24) is 4.90 Å². The van der Waals surface area contributed by atoms with E-state index in [1.54, 1.807) is 0 Å². The van der Waals surface area contributed by atoms with E-state index in [2.05, 4.69) is 63.8 Å². The van der Waals surface area contributed by atoms with Crippen LogP contribution in [0.15, 0.2) is 24.3 Å². The standard InChI is InChI=1S/C18H32N2/c1-6-14(4)13-20(8-3)18(17(19)7-2)16-11-9-15(5)10-12-16/h9-12,14,17-18H,6-8,13,19H2,1-5H3. The molecule has 1 aromatic carbocycles. The minimum Gasteiger partial charge on any atom is -0.326 e. The van der Waals surface area contributed by atoms with Crippen LogP contribution in [-0.4, -0.2) is 24.0 Å². The monoisotopic (exact) mass is 276 g/mol. The van der Waals surface area contributed by atoms with Gasteiger partial charge in [-0.05, 0) is 31.4 Å². The van der Waals surface area contributed by atoms with Gasteiger partial charge < -0.3 is 5.73 Å². The van der Waals surface area contributed by atoms with Gasteiger partial charge in [-0.1, -0.05) is 63.9 Å². The highest BCUT2D eigenvalue weighted by atomic mass is 15.2. The summed E-state index contributed by atoms with van der Waals surface area (Å²) in [6, 6.07) is 9.41. The molecule has 0 saturated heterocycles. The van der Waals surface area contributed by atoms with Gasteiger partial charge in [-0.15, -0.1) is 0 Å². The predicted octanol–water partition coefficient (Wildman–Crippen LogP) is 4.14. The summed E-state index contributed by atoms with van der Waals surface area (Å²) >= 11 is 0. The van der Waals surface area contributed by atoms with E-state index in [1.165, 1.54) is 17.5 Å². The third-order valence-electron chi connectivity index (χ3n) is 4.34. The van der Waals surface area contributed by atoms with Crippen LogP contribution in [0.25, 0.3) is 0 Å². The molecule has 0 spiro atoms. The maximum Gasteiger partial charge on any atom is 0.0499 e. The van der Waals surface area contributed by atoms with E-state index in [9.17, 15) is 0 Å². The normalized spacial score (nSPS) is 16.1. The summed E-state index contributed by atoms with van der Waals surface area (Å²) in [5.74, 6) is 0.715. The molecule has 0 amide bonds. The molecule has 2 N–H and O–H groups in total. The van der Waals surface area contributed by atoms with E-state index < -0.39 is 0 Å². The molecule has 2 nitrogen and oxygen atoms in total. The Morgan fingerprint density at radius 3 is 2.10 bits per heavy atom. The number of rotatable bonds is 8. The van der Waals surface area contributed by atoms with Gasteiger partial charge in [-0.3, -0.25) is 4.90 Å². The Labute approximate surface area is 125 Å². The molecule has 20 heavy (non-hydrogen) atoms. The molecule has 0 aliphatic rings. The third-order valence-corrected chi connectivity index (χ3v) is 4.34. The van der Waals surface area contributed by atoms with Gasteiger partial charge in [0.25, 0.3) is 0 Å². The average Bonchev–Trinajstić information content (AvgIpc) is 2.47. The van der Waals surface area contributed by atoms with Crippen molar-refractivity contribution in [3.05, 3.63) is 35.4 Å². The van der Waals surface area contributed by atoms with E-state index in [4.69, 9.17) is 5.73 Å². The Morgan fingerprint density at radius 2 is 1.65 bits per heavy atom. The highest BCUT2D eigenvalue weighted by Crippen LogP contribution is 2.26.